The Kier molecular flexibility index (Phi) is 8.84. The van der Waals surface area contributed by atoms with Crippen molar-refractivity contribution in [1.29, 1.82) is 0 Å². The first-order chi connectivity index (χ1) is 19.9. The van der Waals surface area contributed by atoms with E-state index in [0.29, 0.717) is 16.6 Å². The number of halogens is 2. The van der Waals surface area contributed by atoms with Gasteiger partial charge in [-0.25, -0.2) is 8.78 Å². The molecule has 2 heterocycles. The van der Waals surface area contributed by atoms with E-state index < -0.39 is 53.5 Å². The van der Waals surface area contributed by atoms with Gasteiger partial charge in [0, 0.05) is 36.8 Å². The maximum atomic E-state index is 15.3. The lowest BCUT2D eigenvalue weighted by atomic mass is 9.96. The van der Waals surface area contributed by atoms with Crippen LogP contribution in [0.15, 0.2) is 59.5 Å². The van der Waals surface area contributed by atoms with Gasteiger partial charge in [-0.2, -0.15) is 5.10 Å². The molecule has 220 valence electrons. The van der Waals surface area contributed by atoms with Crippen molar-refractivity contribution in [2.24, 2.45) is 20.0 Å². The molecule has 2 aromatic heterocycles. The van der Waals surface area contributed by atoms with Crippen LogP contribution in [0.4, 0.5) is 8.78 Å². The number of aliphatic carboxylic acids is 1. The number of hydrogen-bond donors (Lipinski definition) is 3. The Labute approximate surface area is 240 Å². The van der Waals surface area contributed by atoms with Gasteiger partial charge < -0.3 is 20.3 Å². The molecular weight excluding hydrogens is 548 g/mol. The Balaban J connectivity index is 1.71. The summed E-state index contributed by atoms with van der Waals surface area (Å²) in [5.74, 6) is -5.62. The van der Waals surface area contributed by atoms with Gasteiger partial charge in [-0.15, -0.1) is 0 Å². The summed E-state index contributed by atoms with van der Waals surface area (Å²) < 4.78 is 33.0. The molecule has 0 radical (unpaired) electrons. The first-order valence-electron chi connectivity index (χ1n) is 13.3. The molecule has 10 nitrogen and oxygen atoms in total. The molecule has 12 heteroatoms. The smallest absolute Gasteiger partial charge is 0.305 e. The van der Waals surface area contributed by atoms with Crippen LogP contribution in [0.3, 0.4) is 0 Å². The molecule has 0 bridgehead atoms. The van der Waals surface area contributed by atoms with Gasteiger partial charge in [0.05, 0.1) is 23.7 Å². The highest BCUT2D eigenvalue weighted by atomic mass is 19.2. The van der Waals surface area contributed by atoms with Crippen LogP contribution in [0.2, 0.25) is 0 Å². The maximum Gasteiger partial charge on any atom is 0.305 e. The quantitative estimate of drug-likeness (QED) is 0.262. The van der Waals surface area contributed by atoms with Gasteiger partial charge in [-0.05, 0) is 42.7 Å². The molecular formula is C30H31F2N5O5. The predicted molar refractivity (Wildman–Crippen MR) is 152 cm³/mol. The van der Waals surface area contributed by atoms with Crippen molar-refractivity contribution in [3.05, 3.63) is 87.8 Å². The van der Waals surface area contributed by atoms with E-state index in [1.54, 1.807) is 45.2 Å². The van der Waals surface area contributed by atoms with Crippen molar-refractivity contribution < 1.29 is 28.3 Å². The number of aromatic nitrogens is 3. The number of amides is 2. The lowest BCUT2D eigenvalue weighted by Gasteiger charge is -2.25. The lowest BCUT2D eigenvalue weighted by Crippen LogP contribution is -2.49. The predicted octanol–water partition coefficient (Wildman–Crippen LogP) is 3.69. The van der Waals surface area contributed by atoms with Crippen LogP contribution >= 0.6 is 0 Å². The lowest BCUT2D eigenvalue weighted by molar-refractivity contribution is -0.137. The van der Waals surface area contributed by atoms with Gasteiger partial charge in [-0.3, -0.25) is 23.9 Å². The largest absolute Gasteiger partial charge is 0.481 e. The molecule has 0 spiro atoms. The van der Waals surface area contributed by atoms with E-state index in [-0.39, 0.29) is 29.0 Å². The molecule has 0 saturated heterocycles. The molecule has 2 amide bonds. The van der Waals surface area contributed by atoms with E-state index >= 15 is 8.78 Å². The van der Waals surface area contributed by atoms with Crippen LogP contribution in [-0.4, -0.2) is 43.3 Å². The van der Waals surface area contributed by atoms with Crippen LogP contribution in [0.1, 0.15) is 48.7 Å². The number of aryl methyl sites for hydroxylation is 2. The first-order valence-corrected chi connectivity index (χ1v) is 13.3. The van der Waals surface area contributed by atoms with Crippen LogP contribution < -0.4 is 16.2 Å². The third-order valence-electron chi connectivity index (χ3n) is 6.84. The van der Waals surface area contributed by atoms with Crippen molar-refractivity contribution in [3.63, 3.8) is 0 Å². The van der Waals surface area contributed by atoms with Gasteiger partial charge in [0.15, 0.2) is 11.6 Å². The van der Waals surface area contributed by atoms with E-state index in [1.165, 1.54) is 40.7 Å². The summed E-state index contributed by atoms with van der Waals surface area (Å²) in [5.41, 5.74) is 0.194. The van der Waals surface area contributed by atoms with Crippen molar-refractivity contribution in [2.75, 3.05) is 0 Å². The van der Waals surface area contributed by atoms with Crippen LogP contribution in [-0.2, 0) is 23.7 Å². The Morgan fingerprint density at radius 1 is 1.02 bits per heavy atom. The number of carboxylic acids is 1. The topological polar surface area (TPSA) is 135 Å². The number of fused-ring (bicyclic) bond motifs is 1. The third kappa shape index (κ3) is 6.37. The SMILES string of the molecule is CC(C)C[C@H](NC(=O)c1cccn(C)c1=O)C(=O)N[C@@H](CC(=O)O)c1cc(-c2c3ccccc3nn2C)cc(F)c1F. The minimum Gasteiger partial charge on any atom is -0.481 e. The zero-order chi connectivity index (χ0) is 30.7. The number of rotatable bonds is 10. The molecule has 4 rings (SSSR count). The summed E-state index contributed by atoms with van der Waals surface area (Å²) in [6, 6.07) is 9.52. The number of benzene rings is 2. The first kappa shape index (κ1) is 30.1. The summed E-state index contributed by atoms with van der Waals surface area (Å²) in [6.45, 7) is 3.61. The Morgan fingerprint density at radius 3 is 2.43 bits per heavy atom. The summed E-state index contributed by atoms with van der Waals surface area (Å²) >= 11 is 0. The molecule has 0 unspecified atom stereocenters. The van der Waals surface area contributed by atoms with E-state index in [0.717, 1.165) is 6.07 Å². The molecule has 0 saturated carbocycles. The number of hydrogen-bond acceptors (Lipinski definition) is 5. The number of carbonyl (C=O) groups excluding carboxylic acids is 2. The van der Waals surface area contributed by atoms with Gasteiger partial charge >= 0.3 is 5.97 Å². The summed E-state index contributed by atoms with van der Waals surface area (Å²) in [4.78, 5) is 50.6. The Morgan fingerprint density at radius 2 is 1.74 bits per heavy atom. The molecule has 0 fully saturated rings. The van der Waals surface area contributed by atoms with E-state index in [9.17, 15) is 24.3 Å². The highest BCUT2D eigenvalue weighted by molar-refractivity contribution is 5.97. The van der Waals surface area contributed by atoms with Crippen molar-refractivity contribution >= 4 is 28.7 Å². The van der Waals surface area contributed by atoms with Crippen LogP contribution in [0.25, 0.3) is 22.2 Å². The molecule has 0 aliphatic rings. The van der Waals surface area contributed by atoms with E-state index in [2.05, 4.69) is 15.7 Å². The van der Waals surface area contributed by atoms with E-state index in [1.807, 2.05) is 0 Å². The van der Waals surface area contributed by atoms with Crippen molar-refractivity contribution in [1.82, 2.24) is 25.0 Å². The number of pyridine rings is 1. The fourth-order valence-corrected chi connectivity index (χ4v) is 4.88. The average Bonchev–Trinajstić information content (AvgIpc) is 3.26. The zero-order valence-electron chi connectivity index (χ0n) is 23.5. The van der Waals surface area contributed by atoms with Gasteiger partial charge in [0.25, 0.3) is 11.5 Å². The minimum atomic E-state index is -1.49. The fourth-order valence-electron chi connectivity index (χ4n) is 4.88. The molecule has 4 aromatic rings. The molecule has 42 heavy (non-hydrogen) atoms. The minimum absolute atomic E-state index is 0.104. The second-order valence-electron chi connectivity index (χ2n) is 10.5. The molecule has 0 aliphatic carbocycles. The monoisotopic (exact) mass is 579 g/mol. The Bertz CT molecular complexity index is 1730. The van der Waals surface area contributed by atoms with Crippen LogP contribution in [0.5, 0.6) is 0 Å². The van der Waals surface area contributed by atoms with E-state index in [4.69, 9.17) is 0 Å². The number of nitrogens with one attached hydrogen (secondary N) is 2. The van der Waals surface area contributed by atoms with Crippen LogP contribution in [0, 0.1) is 17.6 Å². The molecule has 3 N–H and O–H groups in total. The second-order valence-corrected chi connectivity index (χ2v) is 10.5. The highest BCUT2D eigenvalue weighted by Crippen LogP contribution is 2.33. The fraction of sp³-hybridized carbons (Fsp3) is 0.300. The third-order valence-corrected chi connectivity index (χ3v) is 6.84. The molecule has 0 aliphatic heterocycles. The maximum absolute atomic E-state index is 15.3. The highest BCUT2D eigenvalue weighted by Gasteiger charge is 2.30. The van der Waals surface area contributed by atoms with Gasteiger partial charge in [0.2, 0.25) is 5.91 Å². The normalized spacial score (nSPS) is 12.7. The summed E-state index contributed by atoms with van der Waals surface area (Å²) in [6.07, 6.45) is 0.839. The Hall–Kier alpha value is -4.87. The molecule has 2 aromatic carbocycles. The second kappa shape index (κ2) is 12.3. The zero-order valence-corrected chi connectivity index (χ0v) is 23.5. The number of carbonyl (C=O) groups is 3. The number of nitrogens with zero attached hydrogens (tertiary/aromatic N) is 3. The average molecular weight is 580 g/mol. The molecule has 2 atom stereocenters. The standard InChI is InChI=1S/C30H31F2N5O5/c1-16(2)12-24(34-28(40)19-9-7-11-36(3)30(19)42)29(41)33-23(15-25(38)39)20-13-17(14-21(31)26(20)32)27-18-8-5-6-10-22(18)35-37(27)4/h5-11,13-14,16,23-24H,12,15H2,1-4H3,(H,33,41)(H,34,40)(H,38,39)/t23-,24-/m0/s1. The number of carboxylic acid groups (broad SMARTS) is 1. The van der Waals surface area contributed by atoms with Gasteiger partial charge in [0.1, 0.15) is 11.6 Å². The van der Waals surface area contributed by atoms with Crippen molar-refractivity contribution in [2.45, 2.75) is 38.8 Å². The van der Waals surface area contributed by atoms with Crippen molar-refractivity contribution in [3.8, 4) is 11.3 Å². The van der Waals surface area contributed by atoms with Gasteiger partial charge in [-0.1, -0.05) is 32.0 Å². The summed E-state index contributed by atoms with van der Waals surface area (Å²) in [5, 5.41) is 19.7. The summed E-state index contributed by atoms with van der Waals surface area (Å²) in [7, 11) is 3.12.